The molecule has 3 aromatic heterocycles. The predicted molar refractivity (Wildman–Crippen MR) is 127 cm³/mol. The maximum Gasteiger partial charge on any atom is 0.407 e. The van der Waals surface area contributed by atoms with Crippen molar-refractivity contribution in [3.05, 3.63) is 71.4 Å². The molecule has 0 unspecified atom stereocenters. The van der Waals surface area contributed by atoms with Crippen molar-refractivity contribution in [3.8, 4) is 11.4 Å². The Balaban J connectivity index is 1.51. The number of nitrogens with two attached hydrogens (primary N) is 1. The summed E-state index contributed by atoms with van der Waals surface area (Å²) in [4.78, 5) is 25.6. The molecular weight excluding hydrogens is 458 g/mol. The predicted octanol–water partition coefficient (Wildman–Crippen LogP) is 3.79. The lowest BCUT2D eigenvalue weighted by Crippen LogP contribution is -2.34. The first-order chi connectivity index (χ1) is 16.5. The van der Waals surface area contributed by atoms with Crippen LogP contribution >= 0.6 is 11.6 Å². The van der Waals surface area contributed by atoms with Gasteiger partial charge in [-0.15, -0.1) is 0 Å². The van der Waals surface area contributed by atoms with E-state index in [2.05, 4.69) is 15.0 Å². The van der Waals surface area contributed by atoms with Crippen LogP contribution in [0, 0.1) is 0 Å². The fourth-order valence-corrected chi connectivity index (χ4v) is 4.06. The van der Waals surface area contributed by atoms with E-state index in [0.29, 0.717) is 46.2 Å². The molecule has 0 saturated heterocycles. The van der Waals surface area contributed by atoms with Crippen LogP contribution in [0.2, 0.25) is 5.02 Å². The van der Waals surface area contributed by atoms with Crippen LogP contribution in [-0.2, 0) is 6.61 Å². The van der Waals surface area contributed by atoms with Crippen LogP contribution in [0.5, 0.6) is 5.75 Å². The summed E-state index contributed by atoms with van der Waals surface area (Å²) in [5, 5.41) is 14.5. The fourth-order valence-electron chi connectivity index (χ4n) is 3.83. The molecule has 4 heterocycles. The molecule has 4 aromatic rings. The van der Waals surface area contributed by atoms with Crippen LogP contribution in [0.4, 0.5) is 10.6 Å². The van der Waals surface area contributed by atoms with Crippen molar-refractivity contribution in [2.75, 3.05) is 18.8 Å². The zero-order valence-electron chi connectivity index (χ0n) is 17.9. The third-order valence-corrected chi connectivity index (χ3v) is 5.77. The Kier molecular flexibility index (Phi) is 5.72. The van der Waals surface area contributed by atoms with Gasteiger partial charge in [0.15, 0.2) is 5.82 Å². The molecule has 0 spiro atoms. The van der Waals surface area contributed by atoms with Gasteiger partial charge in [0.2, 0.25) is 0 Å². The molecular formula is C23H20ClN7O3. The number of nitrogens with zero attached hydrogens (tertiary/aromatic N) is 6. The summed E-state index contributed by atoms with van der Waals surface area (Å²) in [7, 11) is 0. The molecule has 172 valence electrons. The molecule has 1 aliphatic rings. The zero-order chi connectivity index (χ0) is 23.7. The van der Waals surface area contributed by atoms with Crippen molar-refractivity contribution in [3.63, 3.8) is 0 Å². The number of amides is 1. The van der Waals surface area contributed by atoms with Crippen molar-refractivity contribution in [1.29, 1.82) is 0 Å². The van der Waals surface area contributed by atoms with Gasteiger partial charge in [-0.1, -0.05) is 23.7 Å². The van der Waals surface area contributed by atoms with Gasteiger partial charge in [0.1, 0.15) is 35.4 Å². The summed E-state index contributed by atoms with van der Waals surface area (Å²) in [6, 6.07) is 10.9. The van der Waals surface area contributed by atoms with E-state index in [9.17, 15) is 9.90 Å². The van der Waals surface area contributed by atoms with E-state index in [1.807, 2.05) is 24.3 Å². The first-order valence-electron chi connectivity index (χ1n) is 10.5. The summed E-state index contributed by atoms with van der Waals surface area (Å²) in [5.41, 5.74) is 9.99. The number of carbonyl (C=O) groups is 1. The number of halogens is 1. The Morgan fingerprint density at radius 3 is 2.85 bits per heavy atom. The third-order valence-electron chi connectivity index (χ3n) is 5.47. The van der Waals surface area contributed by atoms with E-state index in [-0.39, 0.29) is 19.0 Å². The Bertz CT molecular complexity index is 1400. The molecule has 0 fully saturated rings. The van der Waals surface area contributed by atoms with E-state index < -0.39 is 6.09 Å². The molecule has 1 amide bonds. The summed E-state index contributed by atoms with van der Waals surface area (Å²) >= 11 is 6.51. The fraction of sp³-hybridized carbons (Fsp3) is 0.174. The Morgan fingerprint density at radius 2 is 2.09 bits per heavy atom. The van der Waals surface area contributed by atoms with Gasteiger partial charge in [0, 0.05) is 12.7 Å². The first-order valence-corrected chi connectivity index (χ1v) is 10.9. The molecule has 10 nitrogen and oxygen atoms in total. The van der Waals surface area contributed by atoms with Gasteiger partial charge >= 0.3 is 6.09 Å². The number of carboxylic acid groups (broad SMARTS) is 1. The Morgan fingerprint density at radius 1 is 1.21 bits per heavy atom. The first kappa shape index (κ1) is 21.7. The normalized spacial score (nSPS) is 13.7. The number of benzene rings is 1. The highest BCUT2D eigenvalue weighted by Crippen LogP contribution is 2.33. The number of pyridine rings is 1. The van der Waals surface area contributed by atoms with Crippen molar-refractivity contribution in [2.45, 2.75) is 13.0 Å². The molecule has 0 bridgehead atoms. The van der Waals surface area contributed by atoms with Gasteiger partial charge in [-0.25, -0.2) is 19.4 Å². The minimum atomic E-state index is -0.975. The van der Waals surface area contributed by atoms with Crippen LogP contribution in [0.15, 0.2) is 55.0 Å². The lowest BCUT2D eigenvalue weighted by Gasteiger charge is -2.23. The molecule has 34 heavy (non-hydrogen) atoms. The number of ether oxygens (including phenoxy) is 1. The number of nitrogen functional groups attached to an aromatic ring is 1. The van der Waals surface area contributed by atoms with E-state index in [4.69, 9.17) is 27.2 Å². The second kappa shape index (κ2) is 8.99. The largest absolute Gasteiger partial charge is 0.486 e. The van der Waals surface area contributed by atoms with E-state index >= 15 is 0 Å². The van der Waals surface area contributed by atoms with Gasteiger partial charge in [-0.05, 0) is 42.3 Å². The maximum atomic E-state index is 11.5. The smallest absolute Gasteiger partial charge is 0.407 e. The van der Waals surface area contributed by atoms with Crippen LogP contribution in [0.3, 0.4) is 0 Å². The highest BCUT2D eigenvalue weighted by molar-refractivity contribution is 6.32. The summed E-state index contributed by atoms with van der Waals surface area (Å²) in [5.74, 6) is 0.755. The van der Waals surface area contributed by atoms with Gasteiger partial charge in [0.05, 0.1) is 22.9 Å². The van der Waals surface area contributed by atoms with E-state index in [1.54, 1.807) is 29.1 Å². The summed E-state index contributed by atoms with van der Waals surface area (Å²) in [6.07, 6.45) is 4.66. The highest BCUT2D eigenvalue weighted by atomic mass is 35.5. The topological polar surface area (TPSA) is 132 Å². The molecule has 0 aliphatic carbocycles. The van der Waals surface area contributed by atoms with Crippen molar-refractivity contribution < 1.29 is 14.6 Å². The number of fused-ring (bicyclic) bond motifs is 1. The van der Waals surface area contributed by atoms with Crippen LogP contribution in [-0.4, -0.2) is 53.9 Å². The average molecular weight is 478 g/mol. The van der Waals surface area contributed by atoms with E-state index in [1.165, 1.54) is 11.2 Å². The molecule has 1 aliphatic heterocycles. The number of hydrogen-bond acceptors (Lipinski definition) is 7. The molecule has 0 radical (unpaired) electrons. The number of hydrogen-bond donors (Lipinski definition) is 2. The number of rotatable bonds is 5. The number of aromatic nitrogens is 5. The van der Waals surface area contributed by atoms with Gasteiger partial charge < -0.3 is 20.5 Å². The summed E-state index contributed by atoms with van der Waals surface area (Å²) in [6.45, 7) is 0.931. The maximum absolute atomic E-state index is 11.5. The SMILES string of the molecule is Nc1ncnc2c(C3=CCCN(C(=O)O)C3)nn(-c3ccc(OCc4ccccn4)c(Cl)c3)c12. The highest BCUT2D eigenvalue weighted by Gasteiger charge is 2.24. The van der Waals surface area contributed by atoms with Crippen molar-refractivity contribution in [1.82, 2.24) is 29.6 Å². The third kappa shape index (κ3) is 4.11. The quantitative estimate of drug-likeness (QED) is 0.443. The Labute approximate surface area is 199 Å². The lowest BCUT2D eigenvalue weighted by atomic mass is 10.1. The standard InChI is InChI=1S/C23H20ClN7O3/c24-17-10-16(6-7-18(17)34-12-15-5-1-2-8-26-15)31-21-20(27-13-28-22(21)25)19(29-31)14-4-3-9-30(11-14)23(32)33/h1-2,4-8,10,13H,3,9,11-12H2,(H,32,33)(H2,25,27,28). The lowest BCUT2D eigenvalue weighted by molar-refractivity contribution is 0.150. The van der Waals surface area contributed by atoms with Crippen LogP contribution in [0.1, 0.15) is 17.8 Å². The Hall–Kier alpha value is -4.18. The molecule has 3 N–H and O–H groups in total. The van der Waals surface area contributed by atoms with Crippen molar-refractivity contribution in [2.24, 2.45) is 0 Å². The molecule has 0 saturated carbocycles. The van der Waals surface area contributed by atoms with E-state index in [0.717, 1.165) is 11.3 Å². The van der Waals surface area contributed by atoms with Gasteiger partial charge in [0.25, 0.3) is 0 Å². The molecule has 11 heteroatoms. The van der Waals surface area contributed by atoms with Gasteiger partial charge in [-0.3, -0.25) is 4.98 Å². The second-order valence-electron chi connectivity index (χ2n) is 7.66. The van der Waals surface area contributed by atoms with Crippen LogP contribution in [0.25, 0.3) is 22.3 Å². The zero-order valence-corrected chi connectivity index (χ0v) is 18.7. The van der Waals surface area contributed by atoms with Gasteiger partial charge in [-0.2, -0.15) is 5.10 Å². The van der Waals surface area contributed by atoms with Crippen LogP contribution < -0.4 is 10.5 Å². The number of anilines is 1. The molecule has 0 atom stereocenters. The summed E-state index contributed by atoms with van der Waals surface area (Å²) < 4.78 is 7.44. The minimum Gasteiger partial charge on any atom is -0.486 e. The molecule has 5 rings (SSSR count). The minimum absolute atomic E-state index is 0.215. The average Bonchev–Trinajstić information content (AvgIpc) is 3.25. The van der Waals surface area contributed by atoms with Crippen molar-refractivity contribution >= 4 is 40.1 Å². The second-order valence-corrected chi connectivity index (χ2v) is 8.07. The monoisotopic (exact) mass is 477 g/mol. The molecule has 1 aromatic carbocycles.